The van der Waals surface area contributed by atoms with Gasteiger partial charge in [-0.3, -0.25) is 9.59 Å². The molecule has 0 bridgehead atoms. The van der Waals surface area contributed by atoms with Gasteiger partial charge in [0.1, 0.15) is 16.9 Å². The summed E-state index contributed by atoms with van der Waals surface area (Å²) in [6, 6.07) is 12.4. The third-order valence-electron chi connectivity index (χ3n) is 8.54. The van der Waals surface area contributed by atoms with Crippen LogP contribution in [0.25, 0.3) is 33.2 Å². The Morgan fingerprint density at radius 2 is 1.77 bits per heavy atom. The highest BCUT2D eigenvalue weighted by atomic mass is 32.1. The number of hydrogen-bond acceptors (Lipinski definition) is 6. The first-order valence-corrected chi connectivity index (χ1v) is 15.1. The Hall–Kier alpha value is -4.64. The third-order valence-corrected chi connectivity index (χ3v) is 9.22. The van der Waals surface area contributed by atoms with E-state index in [1.807, 2.05) is 30.6 Å². The van der Waals surface area contributed by atoms with Crippen molar-refractivity contribution in [2.75, 3.05) is 11.1 Å². The lowest BCUT2D eigenvalue weighted by Crippen LogP contribution is -2.52. The Morgan fingerprint density at radius 3 is 2.44 bits per heavy atom. The van der Waals surface area contributed by atoms with Crippen molar-refractivity contribution in [3.8, 4) is 11.4 Å². The molecular formula is C32H34N6O4S. The van der Waals surface area contributed by atoms with Gasteiger partial charge < -0.3 is 30.6 Å². The van der Waals surface area contributed by atoms with E-state index < -0.39 is 17.4 Å². The molecule has 0 atom stereocenters. The number of nitrogens with zero attached hydrogens (tertiary/aromatic N) is 3. The predicted octanol–water partition coefficient (Wildman–Crippen LogP) is 5.88. The maximum Gasteiger partial charge on any atom is 0.352 e. The molecule has 0 saturated heterocycles. The first-order valence-electron chi connectivity index (χ1n) is 14.2. The molecule has 1 saturated carbocycles. The first-order chi connectivity index (χ1) is 20.4. The van der Waals surface area contributed by atoms with Crippen LogP contribution in [0.4, 0.5) is 10.8 Å². The van der Waals surface area contributed by atoms with Gasteiger partial charge in [0.25, 0.3) is 5.91 Å². The van der Waals surface area contributed by atoms with E-state index in [4.69, 9.17) is 5.73 Å². The fourth-order valence-electron chi connectivity index (χ4n) is 6.27. The van der Waals surface area contributed by atoms with Crippen LogP contribution in [0.1, 0.15) is 71.9 Å². The minimum atomic E-state index is -1.24. The molecule has 1 aliphatic rings. The zero-order chi connectivity index (χ0) is 30.6. The number of carbonyl (C=O) groups excluding carboxylic acids is 2. The van der Waals surface area contributed by atoms with Gasteiger partial charge in [-0.1, -0.05) is 18.9 Å². The van der Waals surface area contributed by atoms with Gasteiger partial charge in [0.2, 0.25) is 5.91 Å². The molecule has 11 heteroatoms. The van der Waals surface area contributed by atoms with Gasteiger partial charge in [0.15, 0.2) is 5.13 Å². The number of anilines is 2. The molecule has 0 radical (unpaired) electrons. The summed E-state index contributed by atoms with van der Waals surface area (Å²) in [5.41, 5.74) is 10.7. The highest BCUT2D eigenvalue weighted by Crippen LogP contribution is 2.45. The van der Waals surface area contributed by atoms with Crippen LogP contribution in [0.3, 0.4) is 0 Å². The molecule has 43 heavy (non-hydrogen) atoms. The van der Waals surface area contributed by atoms with Crippen molar-refractivity contribution in [3.63, 3.8) is 0 Å². The van der Waals surface area contributed by atoms with Crippen LogP contribution >= 0.6 is 11.3 Å². The molecule has 2 aromatic carbocycles. The summed E-state index contributed by atoms with van der Waals surface area (Å²) >= 11 is 1.42. The molecule has 5 aromatic rings. The number of aromatic carboxylic acids is 1. The van der Waals surface area contributed by atoms with E-state index in [9.17, 15) is 19.5 Å². The van der Waals surface area contributed by atoms with Gasteiger partial charge in [-0.05, 0) is 74.6 Å². The quantitative estimate of drug-likeness (QED) is 0.184. The van der Waals surface area contributed by atoms with Gasteiger partial charge in [-0.25, -0.2) is 9.78 Å². The molecule has 6 rings (SSSR count). The number of nitrogen functional groups attached to an aromatic ring is 1. The van der Waals surface area contributed by atoms with Crippen LogP contribution in [0.5, 0.6) is 0 Å². The number of carboxylic acid groups (broad SMARTS) is 1. The Morgan fingerprint density at radius 1 is 1.02 bits per heavy atom. The Labute approximate surface area is 252 Å². The Balaban J connectivity index is 1.26. The standard InChI is InChI=1S/C32H34N6O4S/c1-32(2,30(42)34-20-10-12-23-19(13-20)15-25(29(40)41)37(23)3)36-28(39)18-9-11-21-24(14-18)38(4)27(22-16-43-31(33)35-22)26(21)17-7-5-6-8-17/h9-17H,5-8H2,1-4H3,(H2,33,35)(H,34,42)(H,36,39)(H,40,41). The number of nitrogens with one attached hydrogen (secondary N) is 2. The number of nitrogens with two attached hydrogens (primary N) is 1. The topological polar surface area (TPSA) is 144 Å². The van der Waals surface area contributed by atoms with Gasteiger partial charge >= 0.3 is 5.97 Å². The highest BCUT2D eigenvalue weighted by molar-refractivity contribution is 7.13. The molecule has 3 heterocycles. The van der Waals surface area contributed by atoms with Crippen molar-refractivity contribution in [2.45, 2.75) is 51.0 Å². The summed E-state index contributed by atoms with van der Waals surface area (Å²) in [6.07, 6.45) is 4.63. The number of amides is 2. The van der Waals surface area contributed by atoms with Crippen molar-refractivity contribution >= 4 is 61.7 Å². The average molecular weight is 599 g/mol. The minimum Gasteiger partial charge on any atom is -0.477 e. The predicted molar refractivity (Wildman–Crippen MR) is 170 cm³/mol. The van der Waals surface area contributed by atoms with Crippen molar-refractivity contribution < 1.29 is 19.5 Å². The van der Waals surface area contributed by atoms with E-state index >= 15 is 0 Å². The SMILES string of the molecule is Cn1c(C(=O)O)cc2cc(NC(=O)C(C)(C)NC(=O)c3ccc4c(C5CCCC5)c(-c5csc(N)n5)n(C)c4c3)ccc21. The number of hydrogen-bond donors (Lipinski definition) is 4. The summed E-state index contributed by atoms with van der Waals surface area (Å²) < 4.78 is 3.69. The van der Waals surface area contributed by atoms with Gasteiger partial charge in [0, 0.05) is 52.5 Å². The lowest BCUT2D eigenvalue weighted by molar-refractivity contribution is -0.120. The van der Waals surface area contributed by atoms with Gasteiger partial charge in [-0.2, -0.15) is 0 Å². The molecule has 0 unspecified atom stereocenters. The fourth-order valence-corrected chi connectivity index (χ4v) is 6.82. The second-order valence-corrected chi connectivity index (χ2v) is 12.7. The number of benzene rings is 2. The number of carbonyl (C=O) groups is 3. The first kappa shape index (κ1) is 28.5. The molecule has 1 fully saturated rings. The number of fused-ring (bicyclic) bond motifs is 2. The van der Waals surface area contributed by atoms with Crippen LogP contribution in [0, 0.1) is 0 Å². The van der Waals surface area contributed by atoms with Crippen molar-refractivity contribution in [1.29, 1.82) is 0 Å². The van der Waals surface area contributed by atoms with Crippen molar-refractivity contribution in [3.05, 3.63) is 64.7 Å². The van der Waals surface area contributed by atoms with Gasteiger partial charge in [-0.15, -0.1) is 11.3 Å². The number of rotatable bonds is 7. The van der Waals surface area contributed by atoms with Crippen LogP contribution < -0.4 is 16.4 Å². The van der Waals surface area contributed by atoms with E-state index in [-0.39, 0.29) is 11.6 Å². The van der Waals surface area contributed by atoms with Crippen LogP contribution in [0.15, 0.2) is 47.8 Å². The smallest absolute Gasteiger partial charge is 0.352 e. The average Bonchev–Trinajstić information content (AvgIpc) is 3.75. The number of carboxylic acids is 1. The molecule has 3 aromatic heterocycles. The summed E-state index contributed by atoms with van der Waals surface area (Å²) in [6.45, 7) is 3.29. The summed E-state index contributed by atoms with van der Waals surface area (Å²) in [7, 11) is 3.68. The van der Waals surface area contributed by atoms with Gasteiger partial charge in [0.05, 0.1) is 5.69 Å². The number of thiazole rings is 1. The Kier molecular flexibility index (Phi) is 7.00. The van der Waals surface area contributed by atoms with E-state index in [1.54, 1.807) is 49.7 Å². The maximum absolute atomic E-state index is 13.5. The van der Waals surface area contributed by atoms with Crippen LogP contribution in [-0.4, -0.2) is 42.5 Å². The number of aryl methyl sites for hydroxylation is 2. The van der Waals surface area contributed by atoms with Crippen LogP contribution in [0.2, 0.25) is 0 Å². The molecule has 222 valence electrons. The monoisotopic (exact) mass is 598 g/mol. The second kappa shape index (κ2) is 10.6. The minimum absolute atomic E-state index is 0.152. The summed E-state index contributed by atoms with van der Waals surface area (Å²) in [4.78, 5) is 42.9. The van der Waals surface area contributed by atoms with E-state index in [0.717, 1.165) is 40.6 Å². The largest absolute Gasteiger partial charge is 0.477 e. The Bertz CT molecular complexity index is 1920. The normalized spacial score (nSPS) is 14.0. The zero-order valence-electron chi connectivity index (χ0n) is 24.5. The van der Waals surface area contributed by atoms with Crippen molar-refractivity contribution in [2.24, 2.45) is 14.1 Å². The van der Waals surface area contributed by atoms with Crippen LogP contribution in [-0.2, 0) is 18.9 Å². The zero-order valence-corrected chi connectivity index (χ0v) is 25.3. The van der Waals surface area contributed by atoms with Crippen molar-refractivity contribution in [1.82, 2.24) is 19.4 Å². The molecule has 1 aliphatic carbocycles. The maximum atomic E-state index is 13.5. The summed E-state index contributed by atoms with van der Waals surface area (Å²) in [5.74, 6) is -1.37. The van der Waals surface area contributed by atoms with E-state index in [2.05, 4.69) is 20.2 Å². The molecule has 10 nitrogen and oxygen atoms in total. The fraction of sp³-hybridized carbons (Fsp3) is 0.312. The third kappa shape index (κ3) is 5.03. The molecule has 2 amide bonds. The molecule has 0 spiro atoms. The van der Waals surface area contributed by atoms with E-state index in [1.165, 1.54) is 29.7 Å². The second-order valence-electron chi connectivity index (χ2n) is 11.8. The highest BCUT2D eigenvalue weighted by Gasteiger charge is 2.31. The number of aromatic nitrogens is 3. The lowest BCUT2D eigenvalue weighted by atomic mass is 9.93. The van der Waals surface area contributed by atoms with E-state index in [0.29, 0.717) is 27.7 Å². The lowest BCUT2D eigenvalue weighted by Gasteiger charge is -2.25. The molecule has 5 N–H and O–H groups in total. The molecule has 0 aliphatic heterocycles. The molecular weight excluding hydrogens is 564 g/mol. The summed E-state index contributed by atoms with van der Waals surface area (Å²) in [5, 5.41) is 19.5.